The molecular formula is C15H22N4O2. The van der Waals surface area contributed by atoms with E-state index in [1.54, 1.807) is 7.11 Å². The van der Waals surface area contributed by atoms with Crippen LogP contribution in [0.3, 0.4) is 0 Å². The van der Waals surface area contributed by atoms with Crippen molar-refractivity contribution in [1.29, 1.82) is 0 Å². The number of benzene rings is 1. The van der Waals surface area contributed by atoms with Gasteiger partial charge in [-0.3, -0.25) is 4.90 Å². The first-order valence-corrected chi connectivity index (χ1v) is 7.41. The molecule has 2 heterocycles. The van der Waals surface area contributed by atoms with E-state index in [4.69, 9.17) is 4.74 Å². The average Bonchev–Trinajstić information content (AvgIpc) is 2.47. The molecule has 0 saturated carbocycles. The summed E-state index contributed by atoms with van der Waals surface area (Å²) in [5, 5.41) is 6.27. The topological polar surface area (TPSA) is 56.8 Å². The normalized spacial score (nSPS) is 20.0. The zero-order valence-electron chi connectivity index (χ0n) is 12.3. The molecule has 0 aliphatic carbocycles. The number of likely N-dealkylation sites (tertiary alicyclic amines) is 1. The molecule has 0 spiro atoms. The molecule has 2 fully saturated rings. The van der Waals surface area contributed by atoms with Crippen LogP contribution < -0.4 is 15.4 Å². The van der Waals surface area contributed by atoms with Gasteiger partial charge in [0.15, 0.2) is 0 Å². The van der Waals surface area contributed by atoms with Crippen molar-refractivity contribution < 1.29 is 9.53 Å². The van der Waals surface area contributed by atoms with Crippen LogP contribution in [-0.2, 0) is 0 Å². The molecule has 21 heavy (non-hydrogen) atoms. The van der Waals surface area contributed by atoms with Crippen LogP contribution in [0, 0.1) is 0 Å². The summed E-state index contributed by atoms with van der Waals surface area (Å²) in [5.74, 6) is 0.788. The number of methoxy groups -OCH3 is 1. The number of anilines is 1. The van der Waals surface area contributed by atoms with E-state index in [0.717, 1.165) is 50.7 Å². The highest BCUT2D eigenvalue weighted by Crippen LogP contribution is 2.19. The average molecular weight is 290 g/mol. The highest BCUT2D eigenvalue weighted by Gasteiger charge is 2.35. The van der Waals surface area contributed by atoms with Crippen molar-refractivity contribution >= 4 is 11.7 Å². The second-order valence-electron chi connectivity index (χ2n) is 5.50. The number of hydrogen-bond acceptors (Lipinski definition) is 4. The fraction of sp³-hybridized carbons (Fsp3) is 0.533. The summed E-state index contributed by atoms with van der Waals surface area (Å²) in [5.41, 5.74) is 0.798. The third-order valence-electron chi connectivity index (χ3n) is 4.16. The fourth-order valence-corrected chi connectivity index (χ4v) is 2.78. The smallest absolute Gasteiger partial charge is 0.321 e. The van der Waals surface area contributed by atoms with Crippen molar-refractivity contribution in [2.45, 2.75) is 6.04 Å². The molecule has 1 aromatic carbocycles. The lowest BCUT2D eigenvalue weighted by molar-refractivity contribution is 0.0537. The Balaban J connectivity index is 1.46. The monoisotopic (exact) mass is 290 g/mol. The fourth-order valence-electron chi connectivity index (χ4n) is 2.78. The number of piperazine rings is 1. The Morgan fingerprint density at radius 3 is 2.52 bits per heavy atom. The third kappa shape index (κ3) is 3.28. The summed E-state index contributed by atoms with van der Waals surface area (Å²) >= 11 is 0. The van der Waals surface area contributed by atoms with E-state index in [9.17, 15) is 4.79 Å². The minimum absolute atomic E-state index is 0.0217. The number of ether oxygens (including phenoxy) is 1. The zero-order chi connectivity index (χ0) is 14.7. The Hall–Kier alpha value is -1.79. The van der Waals surface area contributed by atoms with Gasteiger partial charge in [0, 0.05) is 51.0 Å². The van der Waals surface area contributed by atoms with E-state index >= 15 is 0 Å². The minimum Gasteiger partial charge on any atom is -0.497 e. The van der Waals surface area contributed by atoms with E-state index in [1.807, 2.05) is 29.2 Å². The maximum atomic E-state index is 12.1. The molecule has 0 atom stereocenters. The minimum atomic E-state index is -0.0217. The van der Waals surface area contributed by atoms with Crippen molar-refractivity contribution in [3.05, 3.63) is 24.3 Å². The van der Waals surface area contributed by atoms with Gasteiger partial charge in [-0.2, -0.15) is 0 Å². The summed E-state index contributed by atoms with van der Waals surface area (Å²) < 4.78 is 5.10. The molecule has 2 N–H and O–H groups in total. The molecule has 0 unspecified atom stereocenters. The van der Waals surface area contributed by atoms with Gasteiger partial charge >= 0.3 is 6.03 Å². The maximum absolute atomic E-state index is 12.1. The number of urea groups is 1. The largest absolute Gasteiger partial charge is 0.497 e. The molecule has 2 aliphatic heterocycles. The van der Waals surface area contributed by atoms with Gasteiger partial charge in [0.25, 0.3) is 0 Å². The highest BCUT2D eigenvalue weighted by molar-refractivity contribution is 5.90. The van der Waals surface area contributed by atoms with E-state index in [1.165, 1.54) is 0 Å². The molecule has 3 rings (SSSR count). The number of carbonyl (C=O) groups is 1. The number of amides is 2. The van der Waals surface area contributed by atoms with Gasteiger partial charge < -0.3 is 20.3 Å². The molecule has 2 amide bonds. The van der Waals surface area contributed by atoms with Crippen LogP contribution in [-0.4, -0.2) is 68.3 Å². The predicted octanol–water partition coefficient (Wildman–Crippen LogP) is 0.817. The molecular weight excluding hydrogens is 268 g/mol. The second kappa shape index (κ2) is 6.32. The van der Waals surface area contributed by atoms with Gasteiger partial charge in [0.1, 0.15) is 5.75 Å². The maximum Gasteiger partial charge on any atom is 0.321 e. The summed E-state index contributed by atoms with van der Waals surface area (Å²) in [4.78, 5) is 16.5. The zero-order valence-corrected chi connectivity index (χ0v) is 12.3. The van der Waals surface area contributed by atoms with Crippen LogP contribution in [0.2, 0.25) is 0 Å². The molecule has 0 bridgehead atoms. The first-order valence-electron chi connectivity index (χ1n) is 7.41. The van der Waals surface area contributed by atoms with E-state index in [0.29, 0.717) is 6.04 Å². The first-order chi connectivity index (χ1) is 10.3. The second-order valence-corrected chi connectivity index (χ2v) is 5.50. The Bertz CT molecular complexity index is 479. The summed E-state index contributed by atoms with van der Waals surface area (Å²) in [7, 11) is 1.63. The van der Waals surface area contributed by atoms with Gasteiger partial charge in [-0.25, -0.2) is 4.79 Å². The van der Waals surface area contributed by atoms with E-state index < -0.39 is 0 Å². The lowest BCUT2D eigenvalue weighted by Crippen LogP contribution is -2.64. The van der Waals surface area contributed by atoms with Crippen molar-refractivity contribution in [3.63, 3.8) is 0 Å². The molecule has 1 aromatic rings. The van der Waals surface area contributed by atoms with Crippen LogP contribution in [0.5, 0.6) is 5.75 Å². The van der Waals surface area contributed by atoms with Gasteiger partial charge in [-0.15, -0.1) is 0 Å². The Morgan fingerprint density at radius 1 is 1.24 bits per heavy atom. The summed E-state index contributed by atoms with van der Waals surface area (Å²) in [6.07, 6.45) is 0. The molecule has 6 nitrogen and oxygen atoms in total. The van der Waals surface area contributed by atoms with Crippen LogP contribution in [0.25, 0.3) is 0 Å². The number of nitrogens with zero attached hydrogens (tertiary/aromatic N) is 2. The lowest BCUT2D eigenvalue weighted by Gasteiger charge is -2.46. The van der Waals surface area contributed by atoms with Gasteiger partial charge in [0.2, 0.25) is 0 Å². The van der Waals surface area contributed by atoms with Crippen molar-refractivity contribution in [1.82, 2.24) is 15.1 Å². The standard InChI is InChI=1S/C15H22N4O2/c1-21-14-4-2-12(3-5-14)17-15(20)19-10-13(11-19)18-8-6-16-7-9-18/h2-5,13,16H,6-11H2,1H3,(H,17,20). The van der Waals surface area contributed by atoms with Gasteiger partial charge in [-0.1, -0.05) is 0 Å². The molecule has 6 heteroatoms. The quantitative estimate of drug-likeness (QED) is 0.865. The van der Waals surface area contributed by atoms with Gasteiger partial charge in [-0.05, 0) is 24.3 Å². The highest BCUT2D eigenvalue weighted by atomic mass is 16.5. The van der Waals surface area contributed by atoms with E-state index in [2.05, 4.69) is 15.5 Å². The first kappa shape index (κ1) is 14.2. The van der Waals surface area contributed by atoms with E-state index in [-0.39, 0.29) is 6.03 Å². The van der Waals surface area contributed by atoms with Gasteiger partial charge in [0.05, 0.1) is 7.11 Å². The Kier molecular flexibility index (Phi) is 4.26. The lowest BCUT2D eigenvalue weighted by atomic mass is 10.1. The Labute approximate surface area is 125 Å². The molecule has 2 saturated heterocycles. The third-order valence-corrected chi connectivity index (χ3v) is 4.16. The molecule has 0 radical (unpaired) electrons. The molecule has 2 aliphatic rings. The van der Waals surface area contributed by atoms with Crippen LogP contribution in [0.15, 0.2) is 24.3 Å². The van der Waals surface area contributed by atoms with Crippen molar-refractivity contribution in [2.75, 3.05) is 51.7 Å². The number of rotatable bonds is 3. The van der Waals surface area contributed by atoms with Crippen molar-refractivity contribution in [3.8, 4) is 5.75 Å². The molecule has 0 aromatic heterocycles. The van der Waals surface area contributed by atoms with Crippen LogP contribution in [0.1, 0.15) is 0 Å². The van der Waals surface area contributed by atoms with Crippen LogP contribution >= 0.6 is 0 Å². The summed E-state index contributed by atoms with van der Waals surface area (Å²) in [6.45, 7) is 5.91. The van der Waals surface area contributed by atoms with Crippen LogP contribution in [0.4, 0.5) is 10.5 Å². The van der Waals surface area contributed by atoms with Crippen molar-refractivity contribution in [2.24, 2.45) is 0 Å². The Morgan fingerprint density at radius 2 is 1.90 bits per heavy atom. The number of carbonyl (C=O) groups excluding carboxylic acids is 1. The predicted molar refractivity (Wildman–Crippen MR) is 81.8 cm³/mol. The SMILES string of the molecule is COc1ccc(NC(=O)N2CC(N3CCNCC3)C2)cc1. The number of hydrogen-bond donors (Lipinski definition) is 2. The summed E-state index contributed by atoms with van der Waals surface area (Å²) in [6, 6.07) is 7.89. The molecule has 114 valence electrons. The number of nitrogens with one attached hydrogen (secondary N) is 2.